The molecule has 5 nitrogen and oxygen atoms in total. The number of thioether (sulfide) groups is 1. The first kappa shape index (κ1) is 19.7. The molecule has 0 radical (unpaired) electrons. The van der Waals surface area contributed by atoms with E-state index >= 15 is 0 Å². The van der Waals surface area contributed by atoms with E-state index < -0.39 is 0 Å². The minimum atomic E-state index is -0.0289. The number of rotatable bonds is 7. The molecule has 0 fully saturated rings. The molecule has 7 heteroatoms. The monoisotopic (exact) mass is 401 g/mol. The minimum absolute atomic E-state index is 0.0289. The minimum Gasteiger partial charge on any atom is -0.497 e. The fourth-order valence-electron chi connectivity index (χ4n) is 2.63. The Labute approximate surface area is 168 Å². The average Bonchev–Trinajstić information content (AvgIpc) is 3.10. The van der Waals surface area contributed by atoms with Crippen LogP contribution < -0.4 is 9.64 Å². The molecular weight excluding hydrogens is 378 g/mol. The molecule has 0 unspecified atom stereocenters. The van der Waals surface area contributed by atoms with Gasteiger partial charge in [0.25, 0.3) is 5.91 Å². The second kappa shape index (κ2) is 8.73. The first-order valence-corrected chi connectivity index (χ1v) is 10.6. The van der Waals surface area contributed by atoms with Gasteiger partial charge in [-0.15, -0.1) is 11.8 Å². The van der Waals surface area contributed by atoms with Crippen LogP contribution in [0.25, 0.3) is 10.2 Å². The number of carbonyl (C=O) groups excluding carboxylic acids is 1. The molecule has 0 saturated heterocycles. The number of hydrogen-bond donors (Lipinski definition) is 0. The van der Waals surface area contributed by atoms with Crippen LogP contribution in [0, 0.1) is 0 Å². The van der Waals surface area contributed by atoms with Crippen molar-refractivity contribution in [2.45, 2.75) is 4.90 Å². The van der Waals surface area contributed by atoms with E-state index in [2.05, 4.69) is 4.90 Å². The number of anilines is 1. The predicted molar refractivity (Wildman–Crippen MR) is 115 cm³/mol. The molecule has 0 atom stereocenters. The fraction of sp³-hybridized carbons (Fsp3) is 0.300. The molecule has 142 valence electrons. The summed E-state index contributed by atoms with van der Waals surface area (Å²) < 4.78 is 6.31. The van der Waals surface area contributed by atoms with Gasteiger partial charge in [-0.05, 0) is 56.7 Å². The van der Waals surface area contributed by atoms with E-state index in [1.807, 2.05) is 62.8 Å². The summed E-state index contributed by atoms with van der Waals surface area (Å²) in [6.07, 6.45) is 2.01. The third-order valence-corrected chi connectivity index (χ3v) is 5.91. The molecule has 1 aromatic heterocycles. The Morgan fingerprint density at radius 1 is 1.19 bits per heavy atom. The van der Waals surface area contributed by atoms with Gasteiger partial charge in [0.05, 0.1) is 17.3 Å². The molecule has 0 aliphatic rings. The number of nitrogens with zero attached hydrogens (tertiary/aromatic N) is 3. The lowest BCUT2D eigenvalue weighted by molar-refractivity contribution is 0.0985. The van der Waals surface area contributed by atoms with Crippen molar-refractivity contribution in [1.82, 2.24) is 9.88 Å². The van der Waals surface area contributed by atoms with Crippen LogP contribution in [0.5, 0.6) is 5.75 Å². The van der Waals surface area contributed by atoms with E-state index in [0.29, 0.717) is 17.2 Å². The van der Waals surface area contributed by atoms with E-state index in [1.165, 1.54) is 11.3 Å². The highest BCUT2D eigenvalue weighted by Gasteiger charge is 2.21. The third-order valence-electron chi connectivity index (χ3n) is 4.15. The van der Waals surface area contributed by atoms with Crippen LogP contribution >= 0.6 is 23.1 Å². The summed E-state index contributed by atoms with van der Waals surface area (Å²) in [7, 11) is 5.65. The summed E-state index contributed by atoms with van der Waals surface area (Å²) in [4.78, 5) is 22.9. The van der Waals surface area contributed by atoms with Crippen molar-refractivity contribution in [2.24, 2.45) is 0 Å². The standard InChI is InChI=1S/C20H23N3O2S2/c1-22(2)10-11-23(19(24)14-6-5-7-16(12-14)26-4)20-21-17-9-8-15(25-3)13-18(17)27-20/h5-9,12-13H,10-11H2,1-4H3. The highest BCUT2D eigenvalue weighted by molar-refractivity contribution is 7.98. The van der Waals surface area contributed by atoms with Crippen molar-refractivity contribution >= 4 is 44.4 Å². The molecule has 0 N–H and O–H groups in total. The molecule has 0 bridgehead atoms. The number of ether oxygens (including phenoxy) is 1. The summed E-state index contributed by atoms with van der Waals surface area (Å²) >= 11 is 3.14. The van der Waals surface area contributed by atoms with Crippen molar-refractivity contribution in [3.63, 3.8) is 0 Å². The van der Waals surface area contributed by atoms with Crippen molar-refractivity contribution in [2.75, 3.05) is 45.5 Å². The summed E-state index contributed by atoms with van der Waals surface area (Å²) in [6, 6.07) is 13.5. The van der Waals surface area contributed by atoms with Gasteiger partial charge in [0.15, 0.2) is 5.13 Å². The fourth-order valence-corrected chi connectivity index (χ4v) is 4.11. The van der Waals surface area contributed by atoms with Gasteiger partial charge in [0, 0.05) is 23.5 Å². The van der Waals surface area contributed by atoms with E-state index in [4.69, 9.17) is 9.72 Å². The van der Waals surface area contributed by atoms with Crippen molar-refractivity contribution in [1.29, 1.82) is 0 Å². The highest BCUT2D eigenvalue weighted by Crippen LogP contribution is 2.32. The number of methoxy groups -OCH3 is 1. The van der Waals surface area contributed by atoms with E-state index in [-0.39, 0.29) is 5.91 Å². The maximum atomic E-state index is 13.3. The van der Waals surface area contributed by atoms with Crippen LogP contribution in [0.3, 0.4) is 0 Å². The van der Waals surface area contributed by atoms with Crippen LogP contribution in [-0.4, -0.2) is 56.3 Å². The second-order valence-corrected chi connectivity index (χ2v) is 8.21. The number of carbonyl (C=O) groups is 1. The number of likely N-dealkylation sites (N-methyl/N-ethyl adjacent to an activating group) is 1. The molecule has 3 rings (SSSR count). The molecule has 0 spiro atoms. The third kappa shape index (κ3) is 4.61. The van der Waals surface area contributed by atoms with Crippen LogP contribution in [0.2, 0.25) is 0 Å². The highest BCUT2D eigenvalue weighted by atomic mass is 32.2. The zero-order chi connectivity index (χ0) is 19.4. The Bertz CT molecular complexity index is 940. The molecular formula is C20H23N3O2S2. The van der Waals surface area contributed by atoms with E-state index in [1.54, 1.807) is 23.8 Å². The normalized spacial score (nSPS) is 11.1. The smallest absolute Gasteiger partial charge is 0.260 e. The molecule has 3 aromatic rings. The van der Waals surface area contributed by atoms with E-state index in [9.17, 15) is 4.79 Å². The summed E-state index contributed by atoms with van der Waals surface area (Å²) in [5.74, 6) is 0.760. The average molecular weight is 402 g/mol. The lowest BCUT2D eigenvalue weighted by Gasteiger charge is -2.22. The molecule has 2 aromatic carbocycles. The molecule has 1 heterocycles. The molecule has 0 saturated carbocycles. The van der Waals surface area contributed by atoms with Gasteiger partial charge in [-0.25, -0.2) is 4.98 Å². The van der Waals surface area contributed by atoms with Gasteiger partial charge in [0.1, 0.15) is 5.75 Å². The zero-order valence-corrected chi connectivity index (χ0v) is 17.6. The molecule has 0 aliphatic carbocycles. The van der Waals surface area contributed by atoms with Gasteiger partial charge >= 0.3 is 0 Å². The maximum absolute atomic E-state index is 13.3. The molecule has 0 aliphatic heterocycles. The molecule has 27 heavy (non-hydrogen) atoms. The summed E-state index contributed by atoms with van der Waals surface area (Å²) in [6.45, 7) is 1.33. The Balaban J connectivity index is 1.98. The van der Waals surface area contributed by atoms with Crippen molar-refractivity contribution in [3.05, 3.63) is 48.0 Å². The van der Waals surface area contributed by atoms with Gasteiger partial charge in [-0.2, -0.15) is 0 Å². The quantitative estimate of drug-likeness (QED) is 0.554. The molecule has 1 amide bonds. The number of hydrogen-bond acceptors (Lipinski definition) is 6. The summed E-state index contributed by atoms with van der Waals surface area (Å²) in [5.41, 5.74) is 1.55. The number of amides is 1. The van der Waals surface area contributed by atoms with Crippen LogP contribution in [0.4, 0.5) is 5.13 Å². The lowest BCUT2D eigenvalue weighted by atomic mass is 10.2. The van der Waals surface area contributed by atoms with Crippen LogP contribution in [0.1, 0.15) is 10.4 Å². The SMILES string of the molecule is COc1ccc2nc(N(CCN(C)C)C(=O)c3cccc(SC)c3)sc2c1. The summed E-state index contributed by atoms with van der Waals surface area (Å²) in [5, 5.41) is 0.708. The van der Waals surface area contributed by atoms with Gasteiger partial charge < -0.3 is 9.64 Å². The number of aromatic nitrogens is 1. The predicted octanol–water partition coefficient (Wildman–Crippen LogP) is 4.24. The second-order valence-electron chi connectivity index (χ2n) is 6.32. The largest absolute Gasteiger partial charge is 0.497 e. The maximum Gasteiger partial charge on any atom is 0.260 e. The Morgan fingerprint density at radius 3 is 2.70 bits per heavy atom. The zero-order valence-electron chi connectivity index (χ0n) is 15.9. The number of benzene rings is 2. The Kier molecular flexibility index (Phi) is 6.36. The Hall–Kier alpha value is -2.09. The van der Waals surface area contributed by atoms with Crippen LogP contribution in [0.15, 0.2) is 47.4 Å². The lowest BCUT2D eigenvalue weighted by Crippen LogP contribution is -2.36. The Morgan fingerprint density at radius 2 is 2.00 bits per heavy atom. The number of thiazole rings is 1. The number of fused-ring (bicyclic) bond motifs is 1. The van der Waals surface area contributed by atoms with Gasteiger partial charge in [-0.3, -0.25) is 9.69 Å². The van der Waals surface area contributed by atoms with Gasteiger partial charge in [0.2, 0.25) is 0 Å². The van der Waals surface area contributed by atoms with Crippen molar-refractivity contribution in [3.8, 4) is 5.75 Å². The first-order chi connectivity index (χ1) is 13.0. The van der Waals surface area contributed by atoms with Gasteiger partial charge in [-0.1, -0.05) is 17.4 Å². The topological polar surface area (TPSA) is 45.7 Å². The van der Waals surface area contributed by atoms with Crippen molar-refractivity contribution < 1.29 is 9.53 Å². The first-order valence-electron chi connectivity index (χ1n) is 8.57. The van der Waals surface area contributed by atoms with E-state index in [0.717, 1.165) is 27.4 Å². The van der Waals surface area contributed by atoms with Crippen LogP contribution in [-0.2, 0) is 0 Å².